The van der Waals surface area contributed by atoms with Gasteiger partial charge in [-0.3, -0.25) is 4.55 Å². The monoisotopic (exact) mass is 434 g/mol. The fourth-order valence-corrected chi connectivity index (χ4v) is 3.85. The minimum atomic E-state index is -4.02. The molecule has 0 bridgehead atoms. The number of anilines is 1. The zero-order valence-corrected chi connectivity index (χ0v) is 17.4. The molecule has 0 amide bonds. The minimum absolute atomic E-state index is 0. The summed E-state index contributed by atoms with van der Waals surface area (Å²) in [4.78, 5) is -0.0666. The first kappa shape index (κ1) is 23.5. The second-order valence-corrected chi connectivity index (χ2v) is 8.35. The number of nitrogens with two attached hydrogens (primary N) is 1. The number of hydrogen-bond donors (Lipinski definition) is 3. The normalized spacial score (nSPS) is 15.4. The van der Waals surface area contributed by atoms with E-state index in [0.717, 1.165) is 31.5 Å². The highest BCUT2D eigenvalue weighted by Crippen LogP contribution is 2.39. The molecule has 9 nitrogen and oxygen atoms in total. The number of aryl methyl sites for hydroxylation is 1. The topological polar surface area (TPSA) is 163 Å². The van der Waals surface area contributed by atoms with Crippen LogP contribution in [-0.4, -0.2) is 41.7 Å². The van der Waals surface area contributed by atoms with Crippen molar-refractivity contribution in [3.05, 3.63) is 71.6 Å². The van der Waals surface area contributed by atoms with Gasteiger partial charge in [-0.15, -0.1) is 5.10 Å². The van der Waals surface area contributed by atoms with Crippen molar-refractivity contribution in [2.24, 2.45) is 0 Å². The van der Waals surface area contributed by atoms with Gasteiger partial charge in [-0.25, -0.2) is 0 Å². The van der Waals surface area contributed by atoms with Gasteiger partial charge in [-0.2, -0.15) is 8.42 Å². The van der Waals surface area contributed by atoms with Crippen LogP contribution in [0.2, 0.25) is 0 Å². The van der Waals surface area contributed by atoms with Gasteiger partial charge in [-0.05, 0) is 50.6 Å². The third kappa shape index (κ3) is 5.42. The summed E-state index contributed by atoms with van der Waals surface area (Å²) in [7, 11) is -4.02. The van der Waals surface area contributed by atoms with E-state index in [9.17, 15) is 8.42 Å². The molecular formula is C20H26N4O5S. The highest BCUT2D eigenvalue weighted by Gasteiger charge is 2.40. The molecule has 1 saturated heterocycles. The standard InChI is InChI=1S/C13H16N4O.C7H8O3S.H2O/c14-12-17-16-11(18-12)13(6-8-15-9-7-13)10-4-2-1-3-5-10;1-6-2-4-7(5-3-6)11(8,9)10;/h1-5,15H,6-9H2,(H2,14,17);2-5H,1H3,(H,8,9,10);1H2. The third-order valence-electron chi connectivity index (χ3n) is 4.95. The van der Waals surface area contributed by atoms with Crippen molar-refractivity contribution in [3.63, 3.8) is 0 Å². The number of nitrogen functional groups attached to an aromatic ring is 1. The number of benzene rings is 2. The van der Waals surface area contributed by atoms with Crippen molar-refractivity contribution in [3.8, 4) is 0 Å². The zero-order chi connectivity index (χ0) is 20.9. The van der Waals surface area contributed by atoms with E-state index in [0.29, 0.717) is 5.89 Å². The first-order valence-electron chi connectivity index (χ1n) is 9.21. The van der Waals surface area contributed by atoms with Crippen LogP contribution in [0, 0.1) is 6.92 Å². The maximum atomic E-state index is 10.5. The lowest BCUT2D eigenvalue weighted by molar-refractivity contribution is 0.295. The van der Waals surface area contributed by atoms with E-state index in [-0.39, 0.29) is 21.8 Å². The molecule has 0 spiro atoms. The fraction of sp³-hybridized carbons (Fsp3) is 0.300. The van der Waals surface area contributed by atoms with E-state index in [1.165, 1.54) is 17.7 Å². The summed E-state index contributed by atoms with van der Waals surface area (Å²) in [6.45, 7) is 3.72. The molecular weight excluding hydrogens is 408 g/mol. The van der Waals surface area contributed by atoms with E-state index >= 15 is 0 Å². The van der Waals surface area contributed by atoms with Gasteiger partial charge in [0.05, 0.1) is 10.3 Å². The molecule has 4 rings (SSSR count). The van der Waals surface area contributed by atoms with Crippen LogP contribution < -0.4 is 11.1 Å². The highest BCUT2D eigenvalue weighted by molar-refractivity contribution is 7.85. The number of rotatable bonds is 3. The molecule has 0 unspecified atom stereocenters. The van der Waals surface area contributed by atoms with Gasteiger partial charge in [0, 0.05) is 0 Å². The Labute approximate surface area is 175 Å². The van der Waals surface area contributed by atoms with Gasteiger partial charge < -0.3 is 20.9 Å². The number of hydrogen-bond acceptors (Lipinski definition) is 7. The van der Waals surface area contributed by atoms with Crippen molar-refractivity contribution in [2.75, 3.05) is 18.8 Å². The van der Waals surface area contributed by atoms with Gasteiger partial charge in [0.2, 0.25) is 5.89 Å². The maximum absolute atomic E-state index is 10.5. The van der Waals surface area contributed by atoms with Gasteiger partial charge >= 0.3 is 6.01 Å². The molecule has 0 atom stereocenters. The molecule has 10 heteroatoms. The quantitative estimate of drug-likeness (QED) is 0.525. The van der Waals surface area contributed by atoms with Gasteiger partial charge in [0.25, 0.3) is 10.1 Å². The first-order chi connectivity index (χ1) is 13.8. The van der Waals surface area contributed by atoms with Crippen LogP contribution in [0.25, 0.3) is 0 Å². The van der Waals surface area contributed by atoms with E-state index in [1.54, 1.807) is 12.1 Å². The van der Waals surface area contributed by atoms with E-state index in [4.69, 9.17) is 14.7 Å². The number of piperidine rings is 1. The molecule has 2 aromatic carbocycles. The zero-order valence-electron chi connectivity index (χ0n) is 16.6. The summed E-state index contributed by atoms with van der Waals surface area (Å²) in [6, 6.07) is 16.5. The lowest BCUT2D eigenvalue weighted by Crippen LogP contribution is -2.41. The van der Waals surface area contributed by atoms with Crippen LogP contribution in [0.1, 0.15) is 29.9 Å². The fourth-order valence-electron chi connectivity index (χ4n) is 3.37. The molecule has 2 heterocycles. The van der Waals surface area contributed by atoms with Gasteiger partial charge in [0.1, 0.15) is 0 Å². The Bertz CT molecular complexity index is 1030. The Hall–Kier alpha value is -2.79. The van der Waals surface area contributed by atoms with Crippen LogP contribution in [0.4, 0.5) is 6.01 Å². The largest absolute Gasteiger partial charge is 0.412 e. The molecule has 1 aliphatic heterocycles. The van der Waals surface area contributed by atoms with Crippen molar-refractivity contribution < 1.29 is 22.9 Å². The average Bonchev–Trinajstić information content (AvgIpc) is 3.16. The Morgan fingerprint density at radius 1 is 1.03 bits per heavy atom. The molecule has 1 aromatic heterocycles. The van der Waals surface area contributed by atoms with Crippen molar-refractivity contribution in [1.29, 1.82) is 0 Å². The van der Waals surface area contributed by atoms with Gasteiger partial charge in [0.15, 0.2) is 0 Å². The minimum Gasteiger partial charge on any atom is -0.412 e. The lowest BCUT2D eigenvalue weighted by Gasteiger charge is -2.34. The summed E-state index contributed by atoms with van der Waals surface area (Å²) < 4.78 is 35.1. The van der Waals surface area contributed by atoms with Crippen LogP contribution in [-0.2, 0) is 15.5 Å². The summed E-state index contributed by atoms with van der Waals surface area (Å²) in [5.41, 5.74) is 7.54. The molecule has 0 saturated carbocycles. The smallest absolute Gasteiger partial charge is 0.312 e. The molecule has 6 N–H and O–H groups in total. The number of nitrogens with one attached hydrogen (secondary N) is 1. The predicted molar refractivity (Wildman–Crippen MR) is 113 cm³/mol. The van der Waals surface area contributed by atoms with Crippen LogP contribution in [0.5, 0.6) is 0 Å². The van der Waals surface area contributed by atoms with Crippen LogP contribution >= 0.6 is 0 Å². The van der Waals surface area contributed by atoms with Gasteiger partial charge in [-0.1, -0.05) is 53.1 Å². The summed E-state index contributed by atoms with van der Waals surface area (Å²) >= 11 is 0. The molecule has 0 radical (unpaired) electrons. The third-order valence-corrected chi connectivity index (χ3v) is 5.82. The molecule has 162 valence electrons. The summed E-state index contributed by atoms with van der Waals surface area (Å²) in [5.74, 6) is 0.632. The SMILES string of the molecule is Cc1ccc(S(=O)(=O)O)cc1.Nc1nnc(C2(c3ccccc3)CCNCC2)o1.O. The second kappa shape index (κ2) is 9.81. The summed E-state index contributed by atoms with van der Waals surface area (Å²) in [5, 5.41) is 11.3. The average molecular weight is 435 g/mol. The molecule has 0 aliphatic carbocycles. The molecule has 1 fully saturated rings. The second-order valence-electron chi connectivity index (χ2n) is 6.93. The van der Waals surface area contributed by atoms with Crippen LogP contribution in [0.3, 0.4) is 0 Å². The van der Waals surface area contributed by atoms with Crippen molar-refractivity contribution in [2.45, 2.75) is 30.1 Å². The Morgan fingerprint density at radius 2 is 1.63 bits per heavy atom. The van der Waals surface area contributed by atoms with Crippen LogP contribution in [0.15, 0.2) is 63.9 Å². The number of aromatic nitrogens is 2. The highest BCUT2D eigenvalue weighted by atomic mass is 32.2. The number of nitrogens with zero attached hydrogens (tertiary/aromatic N) is 2. The maximum Gasteiger partial charge on any atom is 0.312 e. The van der Waals surface area contributed by atoms with Crippen molar-refractivity contribution >= 4 is 16.1 Å². The molecule has 1 aliphatic rings. The van der Waals surface area contributed by atoms with E-state index < -0.39 is 10.1 Å². The Kier molecular flexibility index (Phi) is 7.68. The Morgan fingerprint density at radius 3 is 2.13 bits per heavy atom. The predicted octanol–water partition coefficient (Wildman–Crippen LogP) is 1.74. The first-order valence-corrected chi connectivity index (χ1v) is 10.7. The lowest BCUT2D eigenvalue weighted by atomic mass is 9.73. The molecule has 3 aromatic rings. The summed E-state index contributed by atoms with van der Waals surface area (Å²) in [6.07, 6.45) is 1.89. The Balaban J connectivity index is 0.000000232. The van der Waals surface area contributed by atoms with E-state index in [1.807, 2.05) is 25.1 Å². The van der Waals surface area contributed by atoms with E-state index in [2.05, 4.69) is 27.6 Å². The van der Waals surface area contributed by atoms with Crippen molar-refractivity contribution in [1.82, 2.24) is 15.5 Å². The molecule has 30 heavy (non-hydrogen) atoms.